The van der Waals surface area contributed by atoms with Crippen molar-refractivity contribution < 1.29 is 5.21 Å². The summed E-state index contributed by atoms with van der Waals surface area (Å²) < 4.78 is 2.09. The second-order valence-electron chi connectivity index (χ2n) is 5.28. The number of fused-ring (bicyclic) bond motifs is 1. The van der Waals surface area contributed by atoms with E-state index in [-0.39, 0.29) is 5.84 Å². The lowest BCUT2D eigenvalue weighted by Crippen LogP contribution is -2.33. The van der Waals surface area contributed by atoms with E-state index in [1.54, 1.807) is 6.33 Å². The zero-order chi connectivity index (χ0) is 14.8. The topological polar surface area (TPSA) is 92.6 Å². The molecule has 2 aromatic rings. The summed E-state index contributed by atoms with van der Waals surface area (Å²) in [5.74, 6) is 1.14. The minimum atomic E-state index is 0.135. The lowest BCUT2D eigenvalue weighted by atomic mass is 10.0. The molecular weight excluding hydrogens is 268 g/mol. The Balaban J connectivity index is 1.74. The molecule has 0 unspecified atom stereocenters. The van der Waals surface area contributed by atoms with Crippen LogP contribution in [0.4, 0.5) is 0 Å². The van der Waals surface area contributed by atoms with Crippen molar-refractivity contribution in [3.8, 4) is 0 Å². The van der Waals surface area contributed by atoms with Gasteiger partial charge in [-0.05, 0) is 24.1 Å². The maximum absolute atomic E-state index is 8.72. The van der Waals surface area contributed by atoms with Crippen LogP contribution in [0.1, 0.15) is 22.5 Å². The summed E-state index contributed by atoms with van der Waals surface area (Å²) >= 11 is 0. The Morgan fingerprint density at radius 2 is 2.29 bits per heavy atom. The highest BCUT2D eigenvalue weighted by atomic mass is 16.4. The number of rotatable bonds is 3. The van der Waals surface area contributed by atoms with Gasteiger partial charge in [0.1, 0.15) is 12.2 Å². The third kappa shape index (κ3) is 2.73. The Labute approximate surface area is 122 Å². The third-order valence-corrected chi connectivity index (χ3v) is 3.86. The third-order valence-electron chi connectivity index (χ3n) is 3.86. The fourth-order valence-electron chi connectivity index (χ4n) is 2.58. The minimum absolute atomic E-state index is 0.135. The van der Waals surface area contributed by atoms with Gasteiger partial charge in [-0.25, -0.2) is 0 Å². The summed E-state index contributed by atoms with van der Waals surface area (Å²) in [7, 11) is 0. The monoisotopic (exact) mass is 286 g/mol. The summed E-state index contributed by atoms with van der Waals surface area (Å²) in [6, 6.07) is 5.85. The first-order chi connectivity index (χ1) is 10.2. The number of hydrogen-bond acceptors (Lipinski definition) is 5. The molecule has 7 nitrogen and oxygen atoms in total. The Morgan fingerprint density at radius 3 is 3.05 bits per heavy atom. The minimum Gasteiger partial charge on any atom is -0.409 e. The van der Waals surface area contributed by atoms with Crippen molar-refractivity contribution >= 4 is 5.84 Å². The molecule has 0 fully saturated rings. The van der Waals surface area contributed by atoms with Gasteiger partial charge in [-0.3, -0.25) is 4.90 Å². The predicted octanol–water partition coefficient (Wildman–Crippen LogP) is 0.697. The fraction of sp³-hybridized carbons (Fsp3) is 0.357. The highest BCUT2D eigenvalue weighted by Gasteiger charge is 2.18. The van der Waals surface area contributed by atoms with Gasteiger partial charge >= 0.3 is 0 Å². The van der Waals surface area contributed by atoms with Crippen LogP contribution in [-0.2, 0) is 19.6 Å². The van der Waals surface area contributed by atoms with E-state index in [4.69, 9.17) is 10.9 Å². The van der Waals surface area contributed by atoms with Crippen LogP contribution in [-0.4, -0.2) is 37.3 Å². The van der Waals surface area contributed by atoms with Gasteiger partial charge in [-0.15, -0.1) is 10.2 Å². The number of amidine groups is 1. The first-order valence-corrected chi connectivity index (χ1v) is 6.84. The Bertz CT molecular complexity index is 678. The lowest BCUT2D eigenvalue weighted by molar-refractivity contribution is 0.208. The van der Waals surface area contributed by atoms with Gasteiger partial charge in [0.15, 0.2) is 5.84 Å². The van der Waals surface area contributed by atoms with Gasteiger partial charge in [0.25, 0.3) is 0 Å². The Kier molecular flexibility index (Phi) is 3.57. The fourth-order valence-corrected chi connectivity index (χ4v) is 2.58. The first kappa shape index (κ1) is 13.6. The molecular formula is C14H18N6O. The molecule has 7 heteroatoms. The average Bonchev–Trinajstić information content (AvgIpc) is 2.96. The number of aromatic nitrogens is 3. The normalized spacial score (nSPS) is 16.0. The van der Waals surface area contributed by atoms with E-state index in [1.165, 1.54) is 5.56 Å². The van der Waals surface area contributed by atoms with Crippen molar-refractivity contribution in [2.24, 2.45) is 10.9 Å². The summed E-state index contributed by atoms with van der Waals surface area (Å²) in [6.45, 7) is 5.60. The van der Waals surface area contributed by atoms with Crippen LogP contribution < -0.4 is 5.73 Å². The molecule has 1 aromatic heterocycles. The van der Waals surface area contributed by atoms with E-state index in [0.717, 1.165) is 43.1 Å². The van der Waals surface area contributed by atoms with Crippen LogP contribution in [0.25, 0.3) is 0 Å². The summed E-state index contributed by atoms with van der Waals surface area (Å²) in [5, 5.41) is 19.8. The summed E-state index contributed by atoms with van der Waals surface area (Å²) in [4.78, 5) is 2.34. The van der Waals surface area contributed by atoms with Crippen LogP contribution in [0.5, 0.6) is 0 Å². The van der Waals surface area contributed by atoms with E-state index in [2.05, 4.69) is 24.8 Å². The SMILES string of the molecule is Cc1cc(/C(N)=N/O)ccc1CN1CCn2cnnc2C1. The molecule has 0 amide bonds. The zero-order valence-electron chi connectivity index (χ0n) is 11.9. The molecule has 0 aliphatic carbocycles. The van der Waals surface area contributed by atoms with Crippen molar-refractivity contribution in [2.75, 3.05) is 6.54 Å². The van der Waals surface area contributed by atoms with Gasteiger partial charge in [0, 0.05) is 25.2 Å². The maximum Gasteiger partial charge on any atom is 0.170 e. The molecule has 1 aliphatic heterocycles. The van der Waals surface area contributed by atoms with E-state index < -0.39 is 0 Å². The van der Waals surface area contributed by atoms with Gasteiger partial charge in [-0.1, -0.05) is 17.3 Å². The average molecular weight is 286 g/mol. The van der Waals surface area contributed by atoms with E-state index >= 15 is 0 Å². The number of aryl methyl sites for hydroxylation is 1. The van der Waals surface area contributed by atoms with Crippen molar-refractivity contribution in [1.82, 2.24) is 19.7 Å². The smallest absolute Gasteiger partial charge is 0.170 e. The largest absolute Gasteiger partial charge is 0.409 e. The van der Waals surface area contributed by atoms with E-state index in [9.17, 15) is 0 Å². The molecule has 1 aromatic carbocycles. The van der Waals surface area contributed by atoms with Crippen LogP contribution in [0.15, 0.2) is 29.7 Å². The molecule has 2 heterocycles. The lowest BCUT2D eigenvalue weighted by Gasteiger charge is -2.27. The molecule has 3 N–H and O–H groups in total. The number of nitrogens with zero attached hydrogens (tertiary/aromatic N) is 5. The Morgan fingerprint density at radius 1 is 1.43 bits per heavy atom. The van der Waals surface area contributed by atoms with Crippen LogP contribution in [0.3, 0.4) is 0 Å². The van der Waals surface area contributed by atoms with Gasteiger partial charge < -0.3 is 15.5 Å². The molecule has 0 saturated heterocycles. The van der Waals surface area contributed by atoms with Gasteiger partial charge in [-0.2, -0.15) is 0 Å². The van der Waals surface area contributed by atoms with E-state index in [1.807, 2.05) is 25.1 Å². The number of nitrogens with two attached hydrogens (primary N) is 1. The summed E-state index contributed by atoms with van der Waals surface area (Å²) in [5.41, 5.74) is 8.71. The van der Waals surface area contributed by atoms with E-state index in [0.29, 0.717) is 0 Å². The quantitative estimate of drug-likeness (QED) is 0.375. The molecule has 21 heavy (non-hydrogen) atoms. The molecule has 1 aliphatic rings. The second-order valence-corrected chi connectivity index (χ2v) is 5.28. The molecule has 0 atom stereocenters. The molecule has 0 radical (unpaired) electrons. The molecule has 3 rings (SSSR count). The van der Waals surface area contributed by atoms with Crippen molar-refractivity contribution in [1.29, 1.82) is 0 Å². The van der Waals surface area contributed by atoms with Crippen molar-refractivity contribution in [3.05, 3.63) is 47.0 Å². The standard InChI is InChI=1S/C14H18N6O/c1-10-6-11(14(15)18-21)2-3-12(10)7-19-4-5-20-9-16-17-13(20)8-19/h2-3,6,9,21H,4-5,7-8H2,1H3,(H2,15,18). The highest BCUT2D eigenvalue weighted by Crippen LogP contribution is 2.17. The zero-order valence-corrected chi connectivity index (χ0v) is 11.9. The number of oxime groups is 1. The van der Waals surface area contributed by atoms with Crippen LogP contribution in [0, 0.1) is 6.92 Å². The maximum atomic E-state index is 8.72. The van der Waals surface area contributed by atoms with Gasteiger partial charge in [0.2, 0.25) is 0 Å². The van der Waals surface area contributed by atoms with Crippen molar-refractivity contribution in [2.45, 2.75) is 26.6 Å². The number of benzene rings is 1. The highest BCUT2D eigenvalue weighted by molar-refractivity contribution is 5.97. The summed E-state index contributed by atoms with van der Waals surface area (Å²) in [6.07, 6.45) is 1.78. The molecule has 0 saturated carbocycles. The molecule has 0 spiro atoms. The van der Waals surface area contributed by atoms with Crippen LogP contribution >= 0.6 is 0 Å². The number of hydrogen-bond donors (Lipinski definition) is 2. The van der Waals surface area contributed by atoms with Crippen molar-refractivity contribution in [3.63, 3.8) is 0 Å². The first-order valence-electron chi connectivity index (χ1n) is 6.84. The second kappa shape index (κ2) is 5.53. The van der Waals surface area contributed by atoms with Gasteiger partial charge in [0.05, 0.1) is 6.54 Å². The molecule has 0 bridgehead atoms. The Hall–Kier alpha value is -2.41. The predicted molar refractivity (Wildman–Crippen MR) is 77.8 cm³/mol. The van der Waals surface area contributed by atoms with Crippen LogP contribution in [0.2, 0.25) is 0 Å². The molecule has 110 valence electrons.